The van der Waals surface area contributed by atoms with Crippen LogP contribution in [0.1, 0.15) is 11.3 Å². The van der Waals surface area contributed by atoms with E-state index in [-0.39, 0.29) is 6.54 Å². The molecule has 0 amide bonds. The zero-order valence-corrected chi connectivity index (χ0v) is 11.2. The standard InChI is InChI=1S/C13H9BrF3NO/c14-10-5-2-1-4-9(10)8-18-11(13(15,16)17)6-3-7-12(18)19/h1-7H,8H2. The van der Waals surface area contributed by atoms with Crippen molar-refractivity contribution in [1.29, 1.82) is 0 Å². The molecule has 0 aliphatic rings. The zero-order chi connectivity index (χ0) is 14.0. The van der Waals surface area contributed by atoms with Crippen LogP contribution in [0.25, 0.3) is 0 Å². The minimum absolute atomic E-state index is 0.129. The number of aromatic nitrogens is 1. The monoisotopic (exact) mass is 331 g/mol. The van der Waals surface area contributed by atoms with E-state index in [9.17, 15) is 18.0 Å². The van der Waals surface area contributed by atoms with Gasteiger partial charge in [-0.3, -0.25) is 9.36 Å². The fraction of sp³-hybridized carbons (Fsp3) is 0.154. The van der Waals surface area contributed by atoms with Crippen LogP contribution in [0.4, 0.5) is 13.2 Å². The Morgan fingerprint density at radius 1 is 1.05 bits per heavy atom. The van der Waals surface area contributed by atoms with E-state index < -0.39 is 17.4 Å². The van der Waals surface area contributed by atoms with Gasteiger partial charge in [0.05, 0.1) is 6.54 Å². The number of benzene rings is 1. The minimum atomic E-state index is -4.55. The van der Waals surface area contributed by atoms with E-state index in [1.165, 1.54) is 0 Å². The predicted molar refractivity (Wildman–Crippen MR) is 68.9 cm³/mol. The fourth-order valence-electron chi connectivity index (χ4n) is 1.73. The average Bonchev–Trinajstić information content (AvgIpc) is 2.33. The van der Waals surface area contributed by atoms with Crippen molar-refractivity contribution in [1.82, 2.24) is 4.57 Å². The lowest BCUT2D eigenvalue weighted by Crippen LogP contribution is -2.27. The fourth-order valence-corrected chi connectivity index (χ4v) is 2.14. The number of hydrogen-bond donors (Lipinski definition) is 0. The normalized spacial score (nSPS) is 11.6. The third-order valence-electron chi connectivity index (χ3n) is 2.63. The Labute approximate surface area is 115 Å². The molecule has 1 aromatic carbocycles. The first-order valence-corrected chi connectivity index (χ1v) is 6.19. The molecule has 2 nitrogen and oxygen atoms in total. The molecule has 0 radical (unpaired) electrons. The van der Waals surface area contributed by atoms with Gasteiger partial charge in [0.1, 0.15) is 5.69 Å². The molecule has 100 valence electrons. The van der Waals surface area contributed by atoms with E-state index in [1.807, 2.05) is 0 Å². The van der Waals surface area contributed by atoms with Gasteiger partial charge in [0, 0.05) is 10.5 Å². The maximum absolute atomic E-state index is 12.9. The van der Waals surface area contributed by atoms with Crippen LogP contribution >= 0.6 is 15.9 Å². The molecule has 0 aliphatic carbocycles. The third kappa shape index (κ3) is 3.07. The maximum atomic E-state index is 12.9. The van der Waals surface area contributed by atoms with Crippen molar-refractivity contribution in [3.63, 3.8) is 0 Å². The number of halogens is 4. The average molecular weight is 332 g/mol. The molecule has 0 N–H and O–H groups in total. The Hall–Kier alpha value is -1.56. The Bertz CT molecular complexity index is 649. The summed E-state index contributed by atoms with van der Waals surface area (Å²) in [5, 5.41) is 0. The summed E-state index contributed by atoms with van der Waals surface area (Å²) in [6.07, 6.45) is -4.55. The summed E-state index contributed by atoms with van der Waals surface area (Å²) < 4.78 is 40.0. The number of hydrogen-bond acceptors (Lipinski definition) is 1. The summed E-state index contributed by atoms with van der Waals surface area (Å²) >= 11 is 3.26. The number of pyridine rings is 1. The molecule has 0 atom stereocenters. The van der Waals surface area contributed by atoms with Crippen molar-refractivity contribution in [2.75, 3.05) is 0 Å². The highest BCUT2D eigenvalue weighted by molar-refractivity contribution is 9.10. The highest BCUT2D eigenvalue weighted by Crippen LogP contribution is 2.29. The highest BCUT2D eigenvalue weighted by Gasteiger charge is 2.34. The summed E-state index contributed by atoms with van der Waals surface area (Å²) in [5.74, 6) is 0. The number of nitrogens with zero attached hydrogens (tertiary/aromatic N) is 1. The van der Waals surface area contributed by atoms with Gasteiger partial charge in [-0.2, -0.15) is 13.2 Å². The first kappa shape index (κ1) is 13.9. The van der Waals surface area contributed by atoms with E-state index in [2.05, 4.69) is 15.9 Å². The molecule has 0 bridgehead atoms. The summed E-state index contributed by atoms with van der Waals surface area (Å²) in [6, 6.07) is 9.99. The molecule has 6 heteroatoms. The van der Waals surface area contributed by atoms with E-state index >= 15 is 0 Å². The topological polar surface area (TPSA) is 22.0 Å². The second kappa shape index (κ2) is 5.21. The molecule has 1 heterocycles. The number of alkyl halides is 3. The molecule has 0 aliphatic heterocycles. The molecule has 0 saturated carbocycles. The lowest BCUT2D eigenvalue weighted by Gasteiger charge is -2.15. The van der Waals surface area contributed by atoms with Gasteiger partial charge < -0.3 is 0 Å². The smallest absolute Gasteiger partial charge is 0.300 e. The maximum Gasteiger partial charge on any atom is 0.431 e. The SMILES string of the molecule is O=c1cccc(C(F)(F)F)n1Cc1ccccc1Br. The van der Waals surface area contributed by atoms with Gasteiger partial charge in [0.15, 0.2) is 0 Å². The van der Waals surface area contributed by atoms with Gasteiger partial charge >= 0.3 is 6.18 Å². The van der Waals surface area contributed by atoms with Crippen molar-refractivity contribution in [2.24, 2.45) is 0 Å². The van der Waals surface area contributed by atoms with Gasteiger partial charge in [-0.25, -0.2) is 0 Å². The van der Waals surface area contributed by atoms with E-state index in [0.717, 1.165) is 22.8 Å². The molecule has 2 aromatic rings. The van der Waals surface area contributed by atoms with Gasteiger partial charge in [-0.05, 0) is 17.7 Å². The van der Waals surface area contributed by atoms with Crippen molar-refractivity contribution in [3.05, 3.63) is 68.5 Å². The van der Waals surface area contributed by atoms with Gasteiger partial charge in [-0.15, -0.1) is 0 Å². The van der Waals surface area contributed by atoms with Crippen LogP contribution in [-0.2, 0) is 12.7 Å². The van der Waals surface area contributed by atoms with Crippen LogP contribution in [-0.4, -0.2) is 4.57 Å². The Balaban J connectivity index is 2.52. The van der Waals surface area contributed by atoms with E-state index in [0.29, 0.717) is 10.0 Å². The molecular formula is C13H9BrF3NO. The molecular weight excluding hydrogens is 323 g/mol. The molecule has 0 saturated heterocycles. The second-order valence-electron chi connectivity index (χ2n) is 3.92. The zero-order valence-electron chi connectivity index (χ0n) is 9.62. The van der Waals surface area contributed by atoms with Crippen molar-refractivity contribution >= 4 is 15.9 Å². The Morgan fingerprint density at radius 3 is 2.37 bits per heavy atom. The van der Waals surface area contributed by atoms with Crippen LogP contribution in [0.2, 0.25) is 0 Å². The highest BCUT2D eigenvalue weighted by atomic mass is 79.9. The Morgan fingerprint density at radius 2 is 1.74 bits per heavy atom. The van der Waals surface area contributed by atoms with Crippen molar-refractivity contribution in [2.45, 2.75) is 12.7 Å². The molecule has 19 heavy (non-hydrogen) atoms. The summed E-state index contributed by atoms with van der Waals surface area (Å²) in [4.78, 5) is 11.7. The Kier molecular flexibility index (Phi) is 3.80. The van der Waals surface area contributed by atoms with Gasteiger partial charge in [-0.1, -0.05) is 40.2 Å². The van der Waals surface area contributed by atoms with Crippen LogP contribution in [0, 0.1) is 0 Å². The van der Waals surface area contributed by atoms with E-state index in [1.54, 1.807) is 24.3 Å². The van der Waals surface area contributed by atoms with Crippen molar-refractivity contribution < 1.29 is 13.2 Å². The predicted octanol–water partition coefficient (Wildman–Crippen LogP) is 3.68. The van der Waals surface area contributed by atoms with Crippen molar-refractivity contribution in [3.8, 4) is 0 Å². The lowest BCUT2D eigenvalue weighted by atomic mass is 10.2. The summed E-state index contributed by atoms with van der Waals surface area (Å²) in [7, 11) is 0. The quantitative estimate of drug-likeness (QED) is 0.822. The summed E-state index contributed by atoms with van der Waals surface area (Å²) in [5.41, 5.74) is -1.01. The largest absolute Gasteiger partial charge is 0.431 e. The lowest BCUT2D eigenvalue weighted by molar-refractivity contribution is -0.144. The third-order valence-corrected chi connectivity index (χ3v) is 3.40. The second-order valence-corrected chi connectivity index (χ2v) is 4.78. The molecule has 0 spiro atoms. The van der Waals surface area contributed by atoms with Crippen LogP contribution < -0.4 is 5.56 Å². The summed E-state index contributed by atoms with van der Waals surface area (Å²) in [6.45, 7) is -0.129. The molecule has 0 unspecified atom stereocenters. The minimum Gasteiger partial charge on any atom is -0.300 e. The van der Waals surface area contributed by atoms with Crippen LogP contribution in [0.5, 0.6) is 0 Å². The van der Waals surface area contributed by atoms with E-state index in [4.69, 9.17) is 0 Å². The number of rotatable bonds is 2. The van der Waals surface area contributed by atoms with Gasteiger partial charge in [0.2, 0.25) is 0 Å². The molecule has 1 aromatic heterocycles. The van der Waals surface area contributed by atoms with Crippen LogP contribution in [0.15, 0.2) is 51.7 Å². The van der Waals surface area contributed by atoms with Crippen LogP contribution in [0.3, 0.4) is 0 Å². The first-order valence-electron chi connectivity index (χ1n) is 5.40. The molecule has 0 fully saturated rings. The molecule has 2 rings (SSSR count). The van der Waals surface area contributed by atoms with Gasteiger partial charge in [0.25, 0.3) is 5.56 Å². The first-order chi connectivity index (χ1) is 8.89.